The van der Waals surface area contributed by atoms with Gasteiger partial charge >= 0.3 is 6.03 Å². The standard InChI is InChI=1S/C30H37N3O5S/c1-5-38-25-12-8-23(9-13-25)31-30(35)33(24-10-11-24)20-29(34)32(19-26-14-6-21(2)39-26)17-16-22-7-15-27(36-3)28(18-22)37-4/h6-9,12-15,18,24H,5,10-11,16-17,19-20H2,1-4H3,(H,31,35). The number of benzene rings is 2. The van der Waals surface area contributed by atoms with Crippen LogP contribution in [-0.4, -0.2) is 61.7 Å². The molecule has 4 rings (SSSR count). The second-order valence-electron chi connectivity index (χ2n) is 9.51. The van der Waals surface area contributed by atoms with Crippen molar-refractivity contribution in [2.75, 3.05) is 39.2 Å². The number of carbonyl (C=O) groups excluding carboxylic acids is 2. The van der Waals surface area contributed by atoms with Crippen LogP contribution < -0.4 is 19.5 Å². The van der Waals surface area contributed by atoms with E-state index < -0.39 is 0 Å². The predicted molar refractivity (Wildman–Crippen MR) is 154 cm³/mol. The Hall–Kier alpha value is -3.72. The van der Waals surface area contributed by atoms with Gasteiger partial charge in [-0.1, -0.05) is 6.07 Å². The van der Waals surface area contributed by atoms with Crippen LogP contribution in [-0.2, 0) is 17.8 Å². The highest BCUT2D eigenvalue weighted by molar-refractivity contribution is 7.11. The molecule has 1 N–H and O–H groups in total. The van der Waals surface area contributed by atoms with Crippen LogP contribution in [0.25, 0.3) is 0 Å². The van der Waals surface area contributed by atoms with Crippen molar-refractivity contribution in [2.24, 2.45) is 0 Å². The third kappa shape index (κ3) is 7.89. The van der Waals surface area contributed by atoms with Gasteiger partial charge in [0.1, 0.15) is 12.3 Å². The molecule has 0 radical (unpaired) electrons. The summed E-state index contributed by atoms with van der Waals surface area (Å²) in [6.07, 6.45) is 2.46. The summed E-state index contributed by atoms with van der Waals surface area (Å²) in [5, 5.41) is 2.95. The van der Waals surface area contributed by atoms with Crippen LogP contribution in [0.4, 0.5) is 10.5 Å². The molecule has 0 saturated heterocycles. The zero-order valence-corrected chi connectivity index (χ0v) is 23.9. The molecule has 39 heavy (non-hydrogen) atoms. The van der Waals surface area contributed by atoms with Gasteiger partial charge in [-0.05, 0) is 87.2 Å². The van der Waals surface area contributed by atoms with E-state index >= 15 is 0 Å². The minimum absolute atomic E-state index is 0.0316. The van der Waals surface area contributed by atoms with Crippen molar-refractivity contribution in [3.05, 3.63) is 69.9 Å². The number of thiophene rings is 1. The van der Waals surface area contributed by atoms with Crippen LogP contribution in [0.2, 0.25) is 0 Å². The SMILES string of the molecule is CCOc1ccc(NC(=O)N(CC(=O)N(CCc2ccc(OC)c(OC)c2)Cc2ccc(C)s2)C2CC2)cc1. The first-order valence-corrected chi connectivity index (χ1v) is 14.1. The van der Waals surface area contributed by atoms with Crippen LogP contribution in [0.3, 0.4) is 0 Å². The molecule has 1 heterocycles. The Balaban J connectivity index is 1.45. The smallest absolute Gasteiger partial charge is 0.322 e. The number of amides is 3. The van der Waals surface area contributed by atoms with Crippen LogP contribution in [0, 0.1) is 6.92 Å². The Morgan fingerprint density at radius 3 is 2.36 bits per heavy atom. The zero-order chi connectivity index (χ0) is 27.8. The van der Waals surface area contributed by atoms with E-state index in [0.717, 1.165) is 29.0 Å². The van der Waals surface area contributed by atoms with Crippen molar-refractivity contribution in [1.82, 2.24) is 9.80 Å². The van der Waals surface area contributed by atoms with Crippen LogP contribution in [0.5, 0.6) is 17.2 Å². The third-order valence-electron chi connectivity index (χ3n) is 6.58. The Morgan fingerprint density at radius 1 is 1.00 bits per heavy atom. The fraction of sp³-hybridized carbons (Fsp3) is 0.400. The maximum Gasteiger partial charge on any atom is 0.322 e. The number of anilines is 1. The largest absolute Gasteiger partial charge is 0.494 e. The number of aryl methyl sites for hydroxylation is 1. The van der Waals surface area contributed by atoms with Gasteiger partial charge in [-0.2, -0.15) is 0 Å². The number of rotatable bonds is 13. The molecular formula is C30H37N3O5S. The highest BCUT2D eigenvalue weighted by atomic mass is 32.1. The lowest BCUT2D eigenvalue weighted by Crippen LogP contribution is -2.45. The Labute approximate surface area is 234 Å². The molecule has 0 atom stereocenters. The van der Waals surface area contributed by atoms with E-state index in [4.69, 9.17) is 14.2 Å². The number of nitrogens with one attached hydrogen (secondary N) is 1. The number of ether oxygens (including phenoxy) is 3. The van der Waals surface area contributed by atoms with Gasteiger partial charge in [0.05, 0.1) is 27.4 Å². The van der Waals surface area contributed by atoms with E-state index in [2.05, 4.69) is 24.4 Å². The molecule has 1 saturated carbocycles. The van der Waals surface area contributed by atoms with E-state index in [0.29, 0.717) is 43.3 Å². The maximum atomic E-state index is 13.7. The minimum Gasteiger partial charge on any atom is -0.494 e. The molecule has 8 nitrogen and oxygen atoms in total. The lowest BCUT2D eigenvalue weighted by atomic mass is 10.1. The minimum atomic E-state index is -0.262. The van der Waals surface area contributed by atoms with Crippen molar-refractivity contribution >= 4 is 29.0 Å². The van der Waals surface area contributed by atoms with Gasteiger partial charge in [0.2, 0.25) is 5.91 Å². The lowest BCUT2D eigenvalue weighted by molar-refractivity contribution is -0.132. The van der Waals surface area contributed by atoms with E-state index in [1.165, 1.54) is 4.88 Å². The molecule has 3 amide bonds. The fourth-order valence-electron chi connectivity index (χ4n) is 4.35. The van der Waals surface area contributed by atoms with Crippen molar-refractivity contribution < 1.29 is 23.8 Å². The molecule has 1 aromatic heterocycles. The quantitative estimate of drug-likeness (QED) is 0.293. The van der Waals surface area contributed by atoms with Gasteiger partial charge in [0.15, 0.2) is 11.5 Å². The average Bonchev–Trinajstić information content (AvgIpc) is 3.70. The van der Waals surface area contributed by atoms with Crippen molar-refractivity contribution in [3.63, 3.8) is 0 Å². The molecule has 1 aliphatic carbocycles. The lowest BCUT2D eigenvalue weighted by Gasteiger charge is -2.28. The molecule has 2 aromatic carbocycles. The first kappa shape index (κ1) is 28.3. The van der Waals surface area contributed by atoms with Gasteiger partial charge in [0.25, 0.3) is 0 Å². The summed E-state index contributed by atoms with van der Waals surface area (Å²) in [7, 11) is 3.22. The molecule has 1 aliphatic rings. The average molecular weight is 552 g/mol. The monoisotopic (exact) mass is 551 g/mol. The molecule has 208 valence electrons. The van der Waals surface area contributed by atoms with Crippen molar-refractivity contribution in [1.29, 1.82) is 0 Å². The van der Waals surface area contributed by atoms with Crippen molar-refractivity contribution in [2.45, 2.75) is 45.7 Å². The van der Waals surface area contributed by atoms with Crippen LogP contribution in [0.1, 0.15) is 35.1 Å². The number of hydrogen-bond donors (Lipinski definition) is 1. The Kier molecular flexibility index (Phi) is 9.70. The fourth-order valence-corrected chi connectivity index (χ4v) is 5.25. The summed E-state index contributed by atoms with van der Waals surface area (Å²) in [6, 6.07) is 17.0. The topological polar surface area (TPSA) is 80.3 Å². The molecule has 9 heteroatoms. The van der Waals surface area contributed by atoms with Gasteiger partial charge in [-0.25, -0.2) is 4.79 Å². The first-order chi connectivity index (χ1) is 18.9. The number of carbonyl (C=O) groups is 2. The third-order valence-corrected chi connectivity index (χ3v) is 7.57. The van der Waals surface area contributed by atoms with Crippen LogP contribution >= 0.6 is 11.3 Å². The summed E-state index contributed by atoms with van der Waals surface area (Å²) in [5.41, 5.74) is 1.71. The van der Waals surface area contributed by atoms with Crippen LogP contribution in [0.15, 0.2) is 54.6 Å². The number of hydrogen-bond acceptors (Lipinski definition) is 6. The zero-order valence-electron chi connectivity index (χ0n) is 23.1. The summed E-state index contributed by atoms with van der Waals surface area (Å²) >= 11 is 1.68. The predicted octanol–water partition coefficient (Wildman–Crippen LogP) is 5.74. The van der Waals surface area contributed by atoms with Crippen molar-refractivity contribution in [3.8, 4) is 17.2 Å². The highest BCUT2D eigenvalue weighted by Gasteiger charge is 2.35. The van der Waals surface area contributed by atoms with E-state index in [-0.39, 0.29) is 24.5 Å². The van der Waals surface area contributed by atoms with E-state index in [1.807, 2.05) is 54.3 Å². The molecule has 1 fully saturated rings. The van der Waals surface area contributed by atoms with Gasteiger partial charge in [-0.15, -0.1) is 11.3 Å². The Morgan fingerprint density at radius 2 is 1.74 bits per heavy atom. The maximum absolute atomic E-state index is 13.7. The second kappa shape index (κ2) is 13.4. The van der Waals surface area contributed by atoms with Gasteiger partial charge in [-0.3, -0.25) is 4.79 Å². The van der Waals surface area contributed by atoms with Gasteiger partial charge in [0, 0.05) is 28.0 Å². The van der Waals surface area contributed by atoms with E-state index in [9.17, 15) is 9.59 Å². The molecule has 3 aromatic rings. The van der Waals surface area contributed by atoms with Gasteiger partial charge < -0.3 is 29.3 Å². The summed E-state index contributed by atoms with van der Waals surface area (Å²) in [5.74, 6) is 2.00. The molecule has 0 spiro atoms. The van der Waals surface area contributed by atoms with E-state index in [1.54, 1.807) is 30.5 Å². The number of urea groups is 1. The molecule has 0 unspecified atom stereocenters. The molecule has 0 bridgehead atoms. The number of nitrogens with zero attached hydrogens (tertiary/aromatic N) is 2. The number of methoxy groups -OCH3 is 2. The normalized spacial score (nSPS) is 12.5. The second-order valence-corrected chi connectivity index (χ2v) is 10.9. The highest BCUT2D eigenvalue weighted by Crippen LogP contribution is 2.29. The Bertz CT molecular complexity index is 1260. The summed E-state index contributed by atoms with van der Waals surface area (Å²) in [4.78, 5) is 32.7. The molecule has 0 aliphatic heterocycles. The molecular weight excluding hydrogens is 514 g/mol. The summed E-state index contributed by atoms with van der Waals surface area (Å²) < 4.78 is 16.3. The summed E-state index contributed by atoms with van der Waals surface area (Å²) in [6.45, 7) is 5.62. The first-order valence-electron chi connectivity index (χ1n) is 13.2.